The Morgan fingerprint density at radius 3 is 2.52 bits per heavy atom. The number of nitrogens with two attached hydrogens (primary N) is 1. The van der Waals surface area contributed by atoms with Crippen LogP contribution < -0.4 is 5.73 Å². The number of aromatic nitrogens is 3. The second kappa shape index (κ2) is 6.17. The summed E-state index contributed by atoms with van der Waals surface area (Å²) < 4.78 is 8.20. The molecule has 2 aromatic heterocycles. The van der Waals surface area contributed by atoms with Crippen molar-refractivity contribution in [3.05, 3.63) is 59.2 Å². The number of methoxy groups -OCH3 is 1. The van der Waals surface area contributed by atoms with Gasteiger partial charge in [-0.3, -0.25) is 0 Å². The fourth-order valence-corrected chi connectivity index (χ4v) is 2.82. The first-order chi connectivity index (χ1) is 12.0. The van der Waals surface area contributed by atoms with Gasteiger partial charge in [-0.15, -0.1) is 0 Å². The van der Waals surface area contributed by atoms with E-state index in [2.05, 4.69) is 5.10 Å². The first-order valence-corrected chi connectivity index (χ1v) is 7.60. The Bertz CT molecular complexity index is 1010. The lowest BCUT2D eigenvalue weighted by Crippen LogP contribution is -2.13. The molecule has 2 N–H and O–H groups in total. The number of para-hydroxylation sites is 2. The van der Waals surface area contributed by atoms with Crippen molar-refractivity contribution in [2.24, 2.45) is 0 Å². The third-order valence-corrected chi connectivity index (χ3v) is 3.92. The van der Waals surface area contributed by atoms with Crippen molar-refractivity contribution in [2.45, 2.75) is 13.8 Å². The number of esters is 1. The van der Waals surface area contributed by atoms with E-state index in [0.29, 0.717) is 5.69 Å². The summed E-state index contributed by atoms with van der Waals surface area (Å²) >= 11 is 0. The maximum atomic E-state index is 12.2. The number of benzene rings is 1. The minimum Gasteiger partial charge on any atom is -0.464 e. The van der Waals surface area contributed by atoms with Gasteiger partial charge in [-0.25, -0.2) is 9.48 Å². The van der Waals surface area contributed by atoms with Crippen LogP contribution in [0.5, 0.6) is 0 Å². The maximum absolute atomic E-state index is 12.2. The number of rotatable bonds is 3. The van der Waals surface area contributed by atoms with E-state index in [1.165, 1.54) is 13.3 Å². The average molecular weight is 335 g/mol. The molecule has 1 aromatic carbocycles. The van der Waals surface area contributed by atoms with Gasteiger partial charge in [-0.05, 0) is 32.0 Å². The molecule has 0 spiro atoms. The SMILES string of the molecule is COC(=O)c1c(N)c(C#N)cn1-c1ccccc1-n1nc(C)cc1C. The number of carbonyl (C=O) groups excluding carboxylic acids is 1. The lowest BCUT2D eigenvalue weighted by atomic mass is 10.2. The van der Waals surface area contributed by atoms with E-state index >= 15 is 0 Å². The highest BCUT2D eigenvalue weighted by atomic mass is 16.5. The van der Waals surface area contributed by atoms with E-state index in [-0.39, 0.29) is 16.9 Å². The molecule has 3 aromatic rings. The van der Waals surface area contributed by atoms with Crippen molar-refractivity contribution in [2.75, 3.05) is 12.8 Å². The summed E-state index contributed by atoms with van der Waals surface area (Å²) in [5, 5.41) is 13.8. The van der Waals surface area contributed by atoms with Crippen molar-refractivity contribution in [1.29, 1.82) is 5.26 Å². The van der Waals surface area contributed by atoms with Gasteiger partial charge in [-0.2, -0.15) is 10.4 Å². The molecule has 0 bridgehead atoms. The highest BCUT2D eigenvalue weighted by Gasteiger charge is 2.23. The van der Waals surface area contributed by atoms with Crippen molar-refractivity contribution >= 4 is 11.7 Å². The van der Waals surface area contributed by atoms with Gasteiger partial charge >= 0.3 is 5.97 Å². The summed E-state index contributed by atoms with van der Waals surface area (Å²) in [7, 11) is 1.28. The minimum absolute atomic E-state index is 0.0949. The van der Waals surface area contributed by atoms with Crippen molar-refractivity contribution in [3.63, 3.8) is 0 Å². The summed E-state index contributed by atoms with van der Waals surface area (Å²) in [5.74, 6) is -0.609. The third-order valence-electron chi connectivity index (χ3n) is 3.92. The van der Waals surface area contributed by atoms with Crippen molar-refractivity contribution in [1.82, 2.24) is 14.3 Å². The van der Waals surface area contributed by atoms with E-state index in [9.17, 15) is 10.1 Å². The highest BCUT2D eigenvalue weighted by molar-refractivity contribution is 5.96. The number of nitrogen functional groups attached to an aromatic ring is 1. The molecule has 0 fully saturated rings. The molecule has 7 heteroatoms. The van der Waals surface area contributed by atoms with Crippen molar-refractivity contribution in [3.8, 4) is 17.4 Å². The number of hydrogen-bond donors (Lipinski definition) is 1. The Morgan fingerprint density at radius 2 is 1.96 bits per heavy atom. The van der Waals surface area contributed by atoms with Crippen LogP contribution in [0, 0.1) is 25.2 Å². The van der Waals surface area contributed by atoms with Crippen LogP contribution in [-0.4, -0.2) is 27.4 Å². The Hall–Kier alpha value is -3.53. The van der Waals surface area contributed by atoms with E-state index in [0.717, 1.165) is 17.1 Å². The van der Waals surface area contributed by atoms with E-state index < -0.39 is 5.97 Å². The van der Waals surface area contributed by atoms with E-state index in [1.807, 2.05) is 50.2 Å². The molecule has 0 saturated heterocycles. The Kier molecular flexibility index (Phi) is 4.03. The van der Waals surface area contributed by atoms with Gasteiger partial charge in [0.2, 0.25) is 0 Å². The third kappa shape index (κ3) is 2.64. The second-order valence-corrected chi connectivity index (χ2v) is 5.61. The zero-order chi connectivity index (χ0) is 18.1. The summed E-state index contributed by atoms with van der Waals surface area (Å²) in [4.78, 5) is 12.2. The smallest absolute Gasteiger partial charge is 0.357 e. The monoisotopic (exact) mass is 335 g/mol. The Labute approximate surface area is 144 Å². The molecule has 0 amide bonds. The lowest BCUT2D eigenvalue weighted by molar-refractivity contribution is 0.0593. The molecule has 0 unspecified atom stereocenters. The van der Waals surface area contributed by atoms with Crippen LogP contribution in [0.15, 0.2) is 36.5 Å². The summed E-state index contributed by atoms with van der Waals surface area (Å²) in [5.41, 5.74) is 9.67. The zero-order valence-electron chi connectivity index (χ0n) is 14.1. The topological polar surface area (TPSA) is 98.9 Å². The number of hydrogen-bond acceptors (Lipinski definition) is 5. The fourth-order valence-electron chi connectivity index (χ4n) is 2.82. The largest absolute Gasteiger partial charge is 0.464 e. The lowest BCUT2D eigenvalue weighted by Gasteiger charge is -2.14. The Morgan fingerprint density at radius 1 is 1.28 bits per heavy atom. The zero-order valence-corrected chi connectivity index (χ0v) is 14.1. The first kappa shape index (κ1) is 16.3. The molecule has 126 valence electrons. The number of carbonyl (C=O) groups is 1. The molecule has 7 nitrogen and oxygen atoms in total. The van der Waals surface area contributed by atoms with E-state index in [4.69, 9.17) is 10.5 Å². The van der Waals surface area contributed by atoms with Gasteiger partial charge < -0.3 is 15.0 Å². The molecule has 0 aliphatic carbocycles. The quantitative estimate of drug-likeness (QED) is 0.742. The van der Waals surface area contributed by atoms with Gasteiger partial charge in [0, 0.05) is 11.9 Å². The number of anilines is 1. The molecule has 0 aliphatic rings. The van der Waals surface area contributed by atoms with Gasteiger partial charge in [0.15, 0.2) is 5.69 Å². The Balaban J connectivity index is 2.31. The van der Waals surface area contributed by atoms with E-state index in [1.54, 1.807) is 9.25 Å². The number of nitriles is 1. The van der Waals surface area contributed by atoms with Crippen LogP contribution in [0.1, 0.15) is 27.4 Å². The number of aryl methyl sites for hydroxylation is 2. The molecule has 25 heavy (non-hydrogen) atoms. The van der Waals surface area contributed by atoms with Crippen LogP contribution in [-0.2, 0) is 4.74 Å². The van der Waals surface area contributed by atoms with Crippen molar-refractivity contribution < 1.29 is 9.53 Å². The molecule has 2 heterocycles. The van der Waals surface area contributed by atoms with Crippen LogP contribution in [0.3, 0.4) is 0 Å². The molecular formula is C18H17N5O2. The molecule has 0 radical (unpaired) electrons. The van der Waals surface area contributed by atoms with Crippen LogP contribution in [0.2, 0.25) is 0 Å². The number of ether oxygens (including phenoxy) is 1. The van der Waals surface area contributed by atoms with Gasteiger partial charge in [-0.1, -0.05) is 12.1 Å². The normalized spacial score (nSPS) is 10.5. The highest BCUT2D eigenvalue weighted by Crippen LogP contribution is 2.28. The summed E-state index contributed by atoms with van der Waals surface area (Å²) in [6.07, 6.45) is 1.53. The summed E-state index contributed by atoms with van der Waals surface area (Å²) in [6, 6.07) is 11.4. The van der Waals surface area contributed by atoms with Gasteiger partial charge in [0.25, 0.3) is 0 Å². The van der Waals surface area contributed by atoms with Crippen LogP contribution >= 0.6 is 0 Å². The average Bonchev–Trinajstić information content (AvgIpc) is 3.12. The summed E-state index contributed by atoms with van der Waals surface area (Å²) in [6.45, 7) is 3.86. The molecule has 0 atom stereocenters. The predicted octanol–water partition coefficient (Wildman–Crippen LogP) is 2.52. The van der Waals surface area contributed by atoms with Gasteiger partial charge in [0.1, 0.15) is 6.07 Å². The maximum Gasteiger partial charge on any atom is 0.357 e. The predicted molar refractivity (Wildman–Crippen MR) is 92.8 cm³/mol. The van der Waals surface area contributed by atoms with Gasteiger partial charge in [0.05, 0.1) is 35.4 Å². The minimum atomic E-state index is -0.609. The fraction of sp³-hybridized carbons (Fsp3) is 0.167. The molecular weight excluding hydrogens is 318 g/mol. The second-order valence-electron chi connectivity index (χ2n) is 5.61. The first-order valence-electron chi connectivity index (χ1n) is 7.60. The number of nitrogens with zero attached hydrogens (tertiary/aromatic N) is 4. The van der Waals surface area contributed by atoms with Crippen LogP contribution in [0.4, 0.5) is 5.69 Å². The molecule has 0 aliphatic heterocycles. The molecule has 3 rings (SSSR count). The van der Waals surface area contributed by atoms with Crippen LogP contribution in [0.25, 0.3) is 11.4 Å². The molecule has 0 saturated carbocycles. The standard InChI is InChI=1S/C18H17N5O2/c1-11-8-12(2)23(21-11)15-7-5-4-6-14(15)22-10-13(9-19)16(20)17(22)18(24)25-3/h4-8,10H,20H2,1-3H3.